The van der Waals surface area contributed by atoms with Gasteiger partial charge >= 0.3 is 12.1 Å². The van der Waals surface area contributed by atoms with Crippen molar-refractivity contribution in [3.63, 3.8) is 0 Å². The molecule has 0 aliphatic rings. The Morgan fingerprint density at radius 2 is 1.69 bits per heavy atom. The van der Waals surface area contributed by atoms with Gasteiger partial charge in [0.1, 0.15) is 0 Å². The molecule has 0 fully saturated rings. The van der Waals surface area contributed by atoms with Crippen LogP contribution in [0.1, 0.15) is 29.7 Å². The van der Waals surface area contributed by atoms with E-state index in [0.29, 0.717) is 28.1 Å². The number of likely N-dealkylation sites (N-methyl/N-ethyl adjacent to an activating group) is 1. The van der Waals surface area contributed by atoms with Crippen molar-refractivity contribution in [1.29, 1.82) is 0 Å². The third kappa shape index (κ3) is 5.31. The highest BCUT2D eigenvalue weighted by molar-refractivity contribution is 5.74. The molecule has 0 spiro atoms. The summed E-state index contributed by atoms with van der Waals surface area (Å²) in [6.07, 6.45) is -4.46. The first-order valence-electron chi connectivity index (χ1n) is 11.2. The number of rotatable bonds is 7. The molecule has 1 N–H and O–H groups in total. The SMILES string of the molecule is Cc1cc(-c2nc(-c3ccc(C(C)N(C)CC(=O)O)cc3)no2)ccc1-c1ccccc1C(F)(F)F. The molecule has 4 aromatic rings. The summed E-state index contributed by atoms with van der Waals surface area (Å²) in [5, 5.41) is 13.0. The van der Waals surface area contributed by atoms with Crippen LogP contribution in [-0.2, 0) is 11.0 Å². The molecule has 3 aromatic carbocycles. The van der Waals surface area contributed by atoms with Crippen LogP contribution in [0.15, 0.2) is 71.3 Å². The number of hydrogen-bond donors (Lipinski definition) is 1. The molecule has 6 nitrogen and oxygen atoms in total. The van der Waals surface area contributed by atoms with Gasteiger partial charge in [0.05, 0.1) is 12.1 Å². The number of carbonyl (C=O) groups is 1. The number of carboxylic acid groups (broad SMARTS) is 1. The standard InChI is InChI=1S/C27H24F3N3O3/c1-16-14-20(12-13-21(16)22-6-4-5-7-23(22)27(28,29)30)26-31-25(32-36-26)19-10-8-18(9-11-19)17(2)33(3)15-24(34)35/h4-14,17H,15H2,1-3H3,(H,34,35). The monoisotopic (exact) mass is 495 g/mol. The van der Waals surface area contributed by atoms with E-state index < -0.39 is 17.7 Å². The Labute approximate surface area is 206 Å². The molecule has 1 unspecified atom stereocenters. The lowest BCUT2D eigenvalue weighted by Crippen LogP contribution is -2.28. The number of carboxylic acids is 1. The van der Waals surface area contributed by atoms with E-state index in [9.17, 15) is 18.0 Å². The fourth-order valence-electron chi connectivity index (χ4n) is 4.04. The van der Waals surface area contributed by atoms with Gasteiger partial charge < -0.3 is 9.63 Å². The van der Waals surface area contributed by atoms with Crippen molar-refractivity contribution in [3.05, 3.63) is 83.4 Å². The average molecular weight is 496 g/mol. The molecule has 0 saturated carbocycles. The highest BCUT2D eigenvalue weighted by atomic mass is 19.4. The summed E-state index contributed by atoms with van der Waals surface area (Å²) in [5.74, 6) is -0.275. The van der Waals surface area contributed by atoms with Crippen LogP contribution in [0.2, 0.25) is 0 Å². The number of benzene rings is 3. The van der Waals surface area contributed by atoms with E-state index in [1.807, 2.05) is 31.2 Å². The van der Waals surface area contributed by atoms with Crippen molar-refractivity contribution in [2.45, 2.75) is 26.1 Å². The molecule has 1 heterocycles. The molecule has 0 bridgehead atoms. The first kappa shape index (κ1) is 25.1. The number of aliphatic carboxylic acids is 1. The minimum Gasteiger partial charge on any atom is -0.480 e. The molecular formula is C27H24F3N3O3. The van der Waals surface area contributed by atoms with E-state index in [0.717, 1.165) is 11.6 Å². The second-order valence-corrected chi connectivity index (χ2v) is 8.60. The first-order chi connectivity index (χ1) is 17.0. The van der Waals surface area contributed by atoms with E-state index in [1.165, 1.54) is 12.1 Å². The van der Waals surface area contributed by atoms with Gasteiger partial charge in [0.2, 0.25) is 5.82 Å². The summed E-state index contributed by atoms with van der Waals surface area (Å²) in [6.45, 7) is 3.59. The minimum atomic E-state index is -4.46. The Hall–Kier alpha value is -3.98. The molecule has 36 heavy (non-hydrogen) atoms. The summed E-state index contributed by atoms with van der Waals surface area (Å²) in [5.41, 5.74) is 2.80. The second-order valence-electron chi connectivity index (χ2n) is 8.60. The molecule has 0 aliphatic carbocycles. The van der Waals surface area contributed by atoms with Gasteiger partial charge in [-0.1, -0.05) is 53.7 Å². The number of nitrogens with zero attached hydrogens (tertiary/aromatic N) is 3. The normalized spacial score (nSPS) is 12.6. The summed E-state index contributed by atoms with van der Waals surface area (Å²) < 4.78 is 45.8. The van der Waals surface area contributed by atoms with E-state index in [2.05, 4.69) is 10.1 Å². The van der Waals surface area contributed by atoms with Crippen molar-refractivity contribution < 1.29 is 27.6 Å². The Bertz CT molecular complexity index is 1380. The van der Waals surface area contributed by atoms with E-state index in [4.69, 9.17) is 9.63 Å². The smallest absolute Gasteiger partial charge is 0.417 e. The van der Waals surface area contributed by atoms with E-state index >= 15 is 0 Å². The number of aryl methyl sites for hydroxylation is 1. The maximum absolute atomic E-state index is 13.5. The summed E-state index contributed by atoms with van der Waals surface area (Å²) >= 11 is 0. The molecule has 0 aliphatic heterocycles. The average Bonchev–Trinajstić information content (AvgIpc) is 3.33. The zero-order chi connectivity index (χ0) is 26.0. The number of aromatic nitrogens is 2. The van der Waals surface area contributed by atoms with Crippen molar-refractivity contribution in [2.24, 2.45) is 0 Å². The van der Waals surface area contributed by atoms with Gasteiger partial charge in [-0.05, 0) is 61.3 Å². The first-order valence-corrected chi connectivity index (χ1v) is 11.2. The third-order valence-corrected chi connectivity index (χ3v) is 6.12. The molecule has 0 amide bonds. The Kier molecular flexibility index (Phi) is 6.94. The molecule has 0 radical (unpaired) electrons. The van der Waals surface area contributed by atoms with Crippen LogP contribution >= 0.6 is 0 Å². The van der Waals surface area contributed by atoms with Gasteiger partial charge in [-0.15, -0.1) is 0 Å². The van der Waals surface area contributed by atoms with Crippen molar-refractivity contribution in [3.8, 4) is 34.0 Å². The van der Waals surface area contributed by atoms with Crippen LogP contribution in [0.3, 0.4) is 0 Å². The minimum absolute atomic E-state index is 0.0723. The Balaban J connectivity index is 1.57. The fraction of sp³-hybridized carbons (Fsp3) is 0.222. The molecule has 1 atom stereocenters. The number of halogens is 3. The van der Waals surface area contributed by atoms with Crippen LogP contribution in [-0.4, -0.2) is 39.7 Å². The molecule has 1 aromatic heterocycles. The van der Waals surface area contributed by atoms with Crippen LogP contribution in [0, 0.1) is 6.92 Å². The summed E-state index contributed by atoms with van der Waals surface area (Å²) in [7, 11) is 1.74. The Morgan fingerprint density at radius 3 is 2.33 bits per heavy atom. The van der Waals surface area contributed by atoms with Crippen molar-refractivity contribution in [2.75, 3.05) is 13.6 Å². The molecular weight excluding hydrogens is 471 g/mol. The van der Waals surface area contributed by atoms with Gasteiger partial charge in [0, 0.05) is 17.2 Å². The third-order valence-electron chi connectivity index (χ3n) is 6.12. The highest BCUT2D eigenvalue weighted by Crippen LogP contribution is 2.39. The number of hydrogen-bond acceptors (Lipinski definition) is 5. The number of alkyl halides is 3. The second kappa shape index (κ2) is 9.94. The van der Waals surface area contributed by atoms with Gasteiger partial charge in [-0.25, -0.2) is 0 Å². The zero-order valence-electron chi connectivity index (χ0n) is 19.9. The maximum atomic E-state index is 13.5. The van der Waals surface area contributed by atoms with Gasteiger partial charge in [0.15, 0.2) is 0 Å². The van der Waals surface area contributed by atoms with Crippen molar-refractivity contribution >= 4 is 5.97 Å². The van der Waals surface area contributed by atoms with Crippen LogP contribution in [0.25, 0.3) is 34.0 Å². The zero-order valence-corrected chi connectivity index (χ0v) is 19.9. The molecule has 186 valence electrons. The lowest BCUT2D eigenvalue weighted by Gasteiger charge is -2.23. The van der Waals surface area contributed by atoms with Crippen LogP contribution in [0.4, 0.5) is 13.2 Å². The molecule has 9 heteroatoms. The van der Waals surface area contributed by atoms with Crippen molar-refractivity contribution in [1.82, 2.24) is 15.0 Å². The topological polar surface area (TPSA) is 79.5 Å². The van der Waals surface area contributed by atoms with Crippen LogP contribution < -0.4 is 0 Å². The van der Waals surface area contributed by atoms with Gasteiger partial charge in [0.25, 0.3) is 5.89 Å². The van der Waals surface area contributed by atoms with E-state index in [1.54, 1.807) is 43.1 Å². The molecule has 4 rings (SSSR count). The largest absolute Gasteiger partial charge is 0.480 e. The summed E-state index contributed by atoms with van der Waals surface area (Å²) in [6, 6.07) is 17.8. The van der Waals surface area contributed by atoms with E-state index in [-0.39, 0.29) is 24.0 Å². The summed E-state index contributed by atoms with van der Waals surface area (Å²) in [4.78, 5) is 17.1. The highest BCUT2D eigenvalue weighted by Gasteiger charge is 2.33. The Morgan fingerprint density at radius 1 is 1.03 bits per heavy atom. The quantitative estimate of drug-likeness (QED) is 0.316. The lowest BCUT2D eigenvalue weighted by molar-refractivity contribution is -0.138. The lowest BCUT2D eigenvalue weighted by atomic mass is 9.94. The predicted octanol–water partition coefficient (Wildman–Crippen LogP) is 6.48. The maximum Gasteiger partial charge on any atom is 0.417 e. The predicted molar refractivity (Wildman–Crippen MR) is 129 cm³/mol. The van der Waals surface area contributed by atoms with Gasteiger partial charge in [-0.2, -0.15) is 18.2 Å². The van der Waals surface area contributed by atoms with Crippen LogP contribution in [0.5, 0.6) is 0 Å². The van der Waals surface area contributed by atoms with Gasteiger partial charge in [-0.3, -0.25) is 9.69 Å². The fourth-order valence-corrected chi connectivity index (χ4v) is 4.04. The molecule has 0 saturated heterocycles.